The molecular weight excluding hydrogens is 268 g/mol. The van der Waals surface area contributed by atoms with Crippen molar-refractivity contribution in [3.8, 4) is 0 Å². The molecule has 21 heavy (non-hydrogen) atoms. The molecule has 0 aromatic carbocycles. The first-order valence-corrected chi connectivity index (χ1v) is 7.29. The van der Waals surface area contributed by atoms with Crippen LogP contribution >= 0.6 is 0 Å². The van der Waals surface area contributed by atoms with Crippen LogP contribution in [0.1, 0.15) is 42.1 Å². The molecule has 0 spiro atoms. The minimum atomic E-state index is -0.250. The maximum absolute atomic E-state index is 12.5. The van der Waals surface area contributed by atoms with E-state index in [-0.39, 0.29) is 17.9 Å². The Morgan fingerprint density at radius 3 is 3.05 bits per heavy atom. The summed E-state index contributed by atoms with van der Waals surface area (Å²) >= 11 is 0. The fraction of sp³-hybridized carbons (Fsp3) is 0.533. The summed E-state index contributed by atoms with van der Waals surface area (Å²) in [5.74, 6) is 1.59. The van der Waals surface area contributed by atoms with Gasteiger partial charge in [0, 0.05) is 37.0 Å². The summed E-state index contributed by atoms with van der Waals surface area (Å²) in [5.41, 5.74) is 1.68. The lowest BCUT2D eigenvalue weighted by Crippen LogP contribution is -2.42. The van der Waals surface area contributed by atoms with Crippen LogP contribution in [0.5, 0.6) is 0 Å². The summed E-state index contributed by atoms with van der Waals surface area (Å²) in [6.07, 6.45) is 5.60. The van der Waals surface area contributed by atoms with Gasteiger partial charge < -0.3 is 14.4 Å². The number of carbonyl (C=O) groups excluding carboxylic acids is 1. The van der Waals surface area contributed by atoms with E-state index in [1.165, 1.54) is 0 Å². The molecule has 3 rings (SSSR count). The molecule has 6 nitrogen and oxygen atoms in total. The van der Waals surface area contributed by atoms with E-state index in [1.54, 1.807) is 0 Å². The van der Waals surface area contributed by atoms with Crippen LogP contribution in [0.25, 0.3) is 0 Å². The van der Waals surface area contributed by atoms with Gasteiger partial charge in [-0.1, -0.05) is 5.16 Å². The number of imidazole rings is 1. The lowest BCUT2D eigenvalue weighted by atomic mass is 9.97. The highest BCUT2D eigenvalue weighted by molar-refractivity contribution is 5.84. The Bertz CT molecular complexity index is 639. The number of fused-ring (bicyclic) bond motifs is 1. The molecule has 2 aromatic heterocycles. The number of aryl methyl sites for hydroxylation is 3. The van der Waals surface area contributed by atoms with Crippen molar-refractivity contribution in [3.05, 3.63) is 35.2 Å². The van der Waals surface area contributed by atoms with Crippen molar-refractivity contribution in [2.75, 3.05) is 0 Å². The zero-order valence-electron chi connectivity index (χ0n) is 12.6. The Balaban J connectivity index is 1.67. The first kappa shape index (κ1) is 13.9. The number of amides is 1. The molecule has 1 amide bonds. The second-order valence-electron chi connectivity index (χ2n) is 5.70. The molecule has 1 N–H and O–H groups in total. The molecule has 0 saturated heterocycles. The summed E-state index contributed by atoms with van der Waals surface area (Å²) in [4.78, 5) is 16.8. The summed E-state index contributed by atoms with van der Waals surface area (Å²) in [6, 6.07) is 0.155. The van der Waals surface area contributed by atoms with Crippen molar-refractivity contribution in [3.63, 3.8) is 0 Å². The average Bonchev–Trinajstić information content (AvgIpc) is 3.04. The van der Waals surface area contributed by atoms with Gasteiger partial charge in [0.2, 0.25) is 5.91 Å². The van der Waals surface area contributed by atoms with E-state index in [0.29, 0.717) is 0 Å². The van der Waals surface area contributed by atoms with Gasteiger partial charge in [-0.25, -0.2) is 4.98 Å². The average molecular weight is 288 g/mol. The van der Waals surface area contributed by atoms with Crippen LogP contribution in [-0.4, -0.2) is 26.7 Å². The van der Waals surface area contributed by atoms with Crippen LogP contribution in [0, 0.1) is 13.8 Å². The highest BCUT2D eigenvalue weighted by Gasteiger charge is 2.26. The van der Waals surface area contributed by atoms with Crippen LogP contribution in [0.2, 0.25) is 0 Å². The molecule has 0 saturated carbocycles. The molecule has 0 radical (unpaired) electrons. The molecule has 2 aromatic rings. The van der Waals surface area contributed by atoms with E-state index in [2.05, 4.69) is 20.0 Å². The summed E-state index contributed by atoms with van der Waals surface area (Å²) in [7, 11) is 0. The number of carbonyl (C=O) groups is 1. The Hall–Kier alpha value is -2.11. The van der Waals surface area contributed by atoms with Crippen molar-refractivity contribution in [2.24, 2.45) is 0 Å². The standard InChI is InChI=1S/C15H20N4O2/c1-9(14-10(2)18-21-11(14)3)15(20)17-12-4-5-13-16-6-7-19(13)8-12/h6-7,9,12H,4-5,8H2,1-3H3,(H,17,20)/t9-,12+/m1/s1. The second kappa shape index (κ2) is 5.35. The first-order valence-electron chi connectivity index (χ1n) is 7.29. The van der Waals surface area contributed by atoms with Gasteiger partial charge in [0.15, 0.2) is 0 Å². The lowest BCUT2D eigenvalue weighted by molar-refractivity contribution is -0.123. The van der Waals surface area contributed by atoms with Crippen LogP contribution < -0.4 is 5.32 Å². The van der Waals surface area contributed by atoms with Gasteiger partial charge in [-0.3, -0.25) is 4.79 Å². The third-order valence-corrected chi connectivity index (χ3v) is 4.20. The Kier molecular flexibility index (Phi) is 3.53. The highest BCUT2D eigenvalue weighted by atomic mass is 16.5. The van der Waals surface area contributed by atoms with E-state index >= 15 is 0 Å². The van der Waals surface area contributed by atoms with Crippen LogP contribution in [0.15, 0.2) is 16.9 Å². The molecule has 0 bridgehead atoms. The van der Waals surface area contributed by atoms with Crippen molar-refractivity contribution in [1.29, 1.82) is 0 Å². The van der Waals surface area contributed by atoms with E-state index < -0.39 is 0 Å². The van der Waals surface area contributed by atoms with Gasteiger partial charge in [-0.2, -0.15) is 0 Å². The maximum atomic E-state index is 12.5. The predicted octanol–water partition coefficient (Wildman–Crippen LogP) is 1.72. The van der Waals surface area contributed by atoms with E-state index in [1.807, 2.05) is 33.2 Å². The molecule has 3 heterocycles. The molecule has 112 valence electrons. The monoisotopic (exact) mass is 288 g/mol. The number of hydrogen-bond acceptors (Lipinski definition) is 4. The number of nitrogens with zero attached hydrogens (tertiary/aromatic N) is 3. The van der Waals surface area contributed by atoms with Crippen molar-refractivity contribution in [2.45, 2.75) is 52.1 Å². The van der Waals surface area contributed by atoms with E-state index in [4.69, 9.17) is 4.52 Å². The lowest BCUT2D eigenvalue weighted by Gasteiger charge is -2.26. The number of aromatic nitrogens is 3. The predicted molar refractivity (Wildman–Crippen MR) is 76.9 cm³/mol. The second-order valence-corrected chi connectivity index (χ2v) is 5.70. The minimum Gasteiger partial charge on any atom is -0.361 e. The maximum Gasteiger partial charge on any atom is 0.227 e. The van der Waals surface area contributed by atoms with Gasteiger partial charge >= 0.3 is 0 Å². The third kappa shape index (κ3) is 2.57. The number of nitrogens with one attached hydrogen (secondary N) is 1. The fourth-order valence-corrected chi connectivity index (χ4v) is 3.05. The fourth-order valence-electron chi connectivity index (χ4n) is 3.05. The molecule has 0 aliphatic carbocycles. The Labute approximate surface area is 123 Å². The van der Waals surface area contributed by atoms with Crippen molar-refractivity contribution < 1.29 is 9.32 Å². The molecule has 2 atom stereocenters. The topological polar surface area (TPSA) is 73.0 Å². The van der Waals surface area contributed by atoms with Crippen molar-refractivity contribution >= 4 is 5.91 Å². The molecule has 6 heteroatoms. The molecule has 0 fully saturated rings. The van der Waals surface area contributed by atoms with Crippen molar-refractivity contribution in [1.82, 2.24) is 20.0 Å². The molecule has 1 aliphatic heterocycles. The summed E-state index contributed by atoms with van der Waals surface area (Å²) in [5, 5.41) is 7.06. The van der Waals surface area contributed by atoms with Crippen LogP contribution in [0.3, 0.4) is 0 Å². The smallest absolute Gasteiger partial charge is 0.227 e. The molecule has 0 unspecified atom stereocenters. The summed E-state index contributed by atoms with van der Waals surface area (Å²) in [6.45, 7) is 6.40. The minimum absolute atomic E-state index is 0.0259. The summed E-state index contributed by atoms with van der Waals surface area (Å²) < 4.78 is 7.26. The third-order valence-electron chi connectivity index (χ3n) is 4.20. The van der Waals surface area contributed by atoms with E-state index in [9.17, 15) is 4.79 Å². The highest BCUT2D eigenvalue weighted by Crippen LogP contribution is 2.24. The Morgan fingerprint density at radius 2 is 2.33 bits per heavy atom. The first-order chi connectivity index (χ1) is 10.1. The zero-order chi connectivity index (χ0) is 15.0. The number of hydrogen-bond donors (Lipinski definition) is 1. The van der Waals surface area contributed by atoms with Gasteiger partial charge in [0.25, 0.3) is 0 Å². The van der Waals surface area contributed by atoms with Crippen LogP contribution in [0.4, 0.5) is 0 Å². The van der Waals surface area contributed by atoms with E-state index in [0.717, 1.165) is 42.2 Å². The molecule has 1 aliphatic rings. The molecular formula is C15H20N4O2. The van der Waals surface area contributed by atoms with Gasteiger partial charge in [-0.15, -0.1) is 0 Å². The largest absolute Gasteiger partial charge is 0.361 e. The Morgan fingerprint density at radius 1 is 1.52 bits per heavy atom. The van der Waals surface area contributed by atoms with Gasteiger partial charge in [-0.05, 0) is 27.2 Å². The van der Waals surface area contributed by atoms with Gasteiger partial charge in [0.1, 0.15) is 11.6 Å². The zero-order valence-corrected chi connectivity index (χ0v) is 12.6. The normalized spacial score (nSPS) is 19.1. The SMILES string of the molecule is Cc1noc(C)c1[C@@H](C)C(=O)N[C@H]1CCc2nccn2C1. The van der Waals surface area contributed by atoms with Gasteiger partial charge in [0.05, 0.1) is 11.6 Å². The quantitative estimate of drug-likeness (QED) is 0.933. The van der Waals surface area contributed by atoms with Crippen LogP contribution in [-0.2, 0) is 17.8 Å². The number of rotatable bonds is 3.